The van der Waals surface area contributed by atoms with Gasteiger partial charge in [-0.3, -0.25) is 9.59 Å². The molecule has 22 heavy (non-hydrogen) atoms. The van der Waals surface area contributed by atoms with E-state index in [1.807, 2.05) is 41.8 Å². The second kappa shape index (κ2) is 5.44. The van der Waals surface area contributed by atoms with Gasteiger partial charge in [0.05, 0.1) is 11.6 Å². The largest absolute Gasteiger partial charge is 0.481 e. The van der Waals surface area contributed by atoms with Gasteiger partial charge in [0.1, 0.15) is 0 Å². The summed E-state index contributed by atoms with van der Waals surface area (Å²) >= 11 is 0. The van der Waals surface area contributed by atoms with Gasteiger partial charge in [-0.05, 0) is 37.0 Å². The second-order valence-corrected chi connectivity index (χ2v) is 5.81. The Morgan fingerprint density at radius 3 is 2.55 bits per heavy atom. The van der Waals surface area contributed by atoms with E-state index in [9.17, 15) is 14.7 Å². The van der Waals surface area contributed by atoms with Crippen molar-refractivity contribution in [1.29, 1.82) is 0 Å². The molecule has 114 valence electrons. The summed E-state index contributed by atoms with van der Waals surface area (Å²) in [6, 6.07) is 9.49. The standard InChI is InChI=1S/C18H19NO3/c1-3-12-4-6-13(7-5-12)17(20)16-11(2)10-15-14(18(21)22)8-9-19(15)16/h4-7,10,14H,3,8-9H2,1-2H3,(H,21,22). The summed E-state index contributed by atoms with van der Waals surface area (Å²) in [7, 11) is 0. The van der Waals surface area contributed by atoms with E-state index >= 15 is 0 Å². The molecule has 0 saturated carbocycles. The summed E-state index contributed by atoms with van der Waals surface area (Å²) in [6.45, 7) is 4.54. The zero-order chi connectivity index (χ0) is 15.9. The van der Waals surface area contributed by atoms with E-state index in [1.54, 1.807) is 0 Å². The van der Waals surface area contributed by atoms with E-state index in [0.717, 1.165) is 17.7 Å². The molecule has 1 N–H and O–H groups in total. The van der Waals surface area contributed by atoms with Gasteiger partial charge in [0.15, 0.2) is 0 Å². The molecule has 4 heteroatoms. The summed E-state index contributed by atoms with van der Waals surface area (Å²) in [4.78, 5) is 24.1. The van der Waals surface area contributed by atoms with Gasteiger partial charge in [-0.1, -0.05) is 31.2 Å². The number of hydrogen-bond donors (Lipinski definition) is 1. The highest BCUT2D eigenvalue weighted by atomic mass is 16.4. The number of benzene rings is 1. The van der Waals surface area contributed by atoms with Gasteiger partial charge in [0.25, 0.3) is 0 Å². The third-order valence-electron chi connectivity index (χ3n) is 4.46. The quantitative estimate of drug-likeness (QED) is 0.882. The van der Waals surface area contributed by atoms with Crippen LogP contribution >= 0.6 is 0 Å². The smallest absolute Gasteiger partial charge is 0.312 e. The Labute approximate surface area is 129 Å². The number of aromatic nitrogens is 1. The van der Waals surface area contributed by atoms with Gasteiger partial charge in [0.2, 0.25) is 5.78 Å². The SMILES string of the molecule is CCc1ccc(C(=O)c2c(C)cc3n2CCC3C(=O)O)cc1. The highest BCUT2D eigenvalue weighted by Crippen LogP contribution is 2.33. The first-order valence-electron chi connectivity index (χ1n) is 7.59. The fourth-order valence-corrected chi connectivity index (χ4v) is 3.23. The third kappa shape index (κ3) is 2.25. The first kappa shape index (κ1) is 14.6. The summed E-state index contributed by atoms with van der Waals surface area (Å²) in [5, 5.41) is 9.28. The van der Waals surface area contributed by atoms with Crippen molar-refractivity contribution >= 4 is 11.8 Å². The van der Waals surface area contributed by atoms with Crippen LogP contribution in [0.15, 0.2) is 30.3 Å². The normalized spacial score (nSPS) is 16.5. The van der Waals surface area contributed by atoms with Gasteiger partial charge >= 0.3 is 5.97 Å². The molecule has 0 fully saturated rings. The molecule has 0 radical (unpaired) electrons. The lowest BCUT2D eigenvalue weighted by atomic mass is 10.0. The Bertz CT molecular complexity index is 740. The van der Waals surface area contributed by atoms with Crippen LogP contribution in [0.5, 0.6) is 0 Å². The number of fused-ring (bicyclic) bond motifs is 1. The summed E-state index contributed by atoms with van der Waals surface area (Å²) < 4.78 is 1.88. The molecule has 0 bridgehead atoms. The average Bonchev–Trinajstić information content (AvgIpc) is 3.04. The topological polar surface area (TPSA) is 59.3 Å². The van der Waals surface area contributed by atoms with E-state index in [1.165, 1.54) is 5.56 Å². The fraction of sp³-hybridized carbons (Fsp3) is 0.333. The molecular weight excluding hydrogens is 278 g/mol. The molecule has 1 aliphatic rings. The third-order valence-corrected chi connectivity index (χ3v) is 4.46. The number of carbonyl (C=O) groups is 2. The zero-order valence-corrected chi connectivity index (χ0v) is 12.8. The van der Waals surface area contributed by atoms with E-state index in [2.05, 4.69) is 6.92 Å². The van der Waals surface area contributed by atoms with Crippen LogP contribution in [0.3, 0.4) is 0 Å². The minimum Gasteiger partial charge on any atom is -0.481 e. The van der Waals surface area contributed by atoms with Crippen LogP contribution in [0, 0.1) is 6.92 Å². The van der Waals surface area contributed by atoms with Crippen LogP contribution in [0.4, 0.5) is 0 Å². The highest BCUT2D eigenvalue weighted by molar-refractivity contribution is 6.09. The second-order valence-electron chi connectivity index (χ2n) is 5.81. The molecule has 0 saturated heterocycles. The van der Waals surface area contributed by atoms with Crippen LogP contribution in [-0.2, 0) is 17.8 Å². The first-order chi connectivity index (χ1) is 10.5. The van der Waals surface area contributed by atoms with Crippen molar-refractivity contribution in [2.45, 2.75) is 39.2 Å². The molecule has 1 aromatic carbocycles. The molecule has 4 nitrogen and oxygen atoms in total. The number of carboxylic acid groups (broad SMARTS) is 1. The lowest BCUT2D eigenvalue weighted by molar-refractivity contribution is -0.138. The lowest BCUT2D eigenvalue weighted by Gasteiger charge is -2.07. The molecule has 0 aliphatic carbocycles. The zero-order valence-electron chi connectivity index (χ0n) is 12.8. The predicted molar refractivity (Wildman–Crippen MR) is 83.4 cm³/mol. The molecule has 2 heterocycles. The Balaban J connectivity index is 2.00. The maximum absolute atomic E-state index is 12.8. The van der Waals surface area contributed by atoms with Crippen LogP contribution in [-0.4, -0.2) is 21.4 Å². The fourth-order valence-electron chi connectivity index (χ4n) is 3.23. The minimum absolute atomic E-state index is 0.0301. The van der Waals surface area contributed by atoms with Gasteiger partial charge in [-0.25, -0.2) is 0 Å². The van der Waals surface area contributed by atoms with Crippen molar-refractivity contribution < 1.29 is 14.7 Å². The van der Waals surface area contributed by atoms with Crippen molar-refractivity contribution in [1.82, 2.24) is 4.57 Å². The number of carbonyl (C=O) groups excluding carboxylic acids is 1. The summed E-state index contributed by atoms with van der Waals surface area (Å²) in [6.07, 6.45) is 1.49. The van der Waals surface area contributed by atoms with E-state index < -0.39 is 11.9 Å². The number of aliphatic carboxylic acids is 1. The number of carboxylic acids is 1. The minimum atomic E-state index is -0.817. The maximum Gasteiger partial charge on any atom is 0.312 e. The van der Waals surface area contributed by atoms with Crippen LogP contribution in [0.1, 0.15) is 52.1 Å². The average molecular weight is 297 g/mol. The number of nitrogens with zero attached hydrogens (tertiary/aromatic N) is 1. The van der Waals surface area contributed by atoms with Crippen molar-refractivity contribution in [2.24, 2.45) is 0 Å². The maximum atomic E-state index is 12.8. The molecular formula is C18H19NO3. The van der Waals surface area contributed by atoms with E-state index in [0.29, 0.717) is 24.2 Å². The monoisotopic (exact) mass is 297 g/mol. The number of ketones is 1. The molecule has 3 rings (SSSR count). The number of hydrogen-bond acceptors (Lipinski definition) is 2. The van der Waals surface area contributed by atoms with Crippen molar-refractivity contribution in [2.75, 3.05) is 0 Å². The Hall–Kier alpha value is -2.36. The first-order valence-corrected chi connectivity index (χ1v) is 7.59. The van der Waals surface area contributed by atoms with Crippen molar-refractivity contribution in [3.05, 3.63) is 58.4 Å². The van der Waals surface area contributed by atoms with Crippen LogP contribution in [0.25, 0.3) is 0 Å². The van der Waals surface area contributed by atoms with E-state index in [-0.39, 0.29) is 5.78 Å². The molecule has 0 amide bonds. The van der Waals surface area contributed by atoms with Gasteiger partial charge in [-0.2, -0.15) is 0 Å². The lowest BCUT2D eigenvalue weighted by Crippen LogP contribution is -2.11. The van der Waals surface area contributed by atoms with Crippen molar-refractivity contribution in [3.8, 4) is 0 Å². The van der Waals surface area contributed by atoms with Crippen molar-refractivity contribution in [3.63, 3.8) is 0 Å². The van der Waals surface area contributed by atoms with Gasteiger partial charge in [0, 0.05) is 17.8 Å². The van der Waals surface area contributed by atoms with Crippen LogP contribution in [0.2, 0.25) is 0 Å². The Morgan fingerprint density at radius 2 is 1.95 bits per heavy atom. The highest BCUT2D eigenvalue weighted by Gasteiger charge is 2.33. The Morgan fingerprint density at radius 1 is 1.27 bits per heavy atom. The molecule has 1 aromatic heterocycles. The van der Waals surface area contributed by atoms with Gasteiger partial charge < -0.3 is 9.67 Å². The summed E-state index contributed by atoms with van der Waals surface area (Å²) in [5.74, 6) is -1.34. The molecule has 0 spiro atoms. The number of aryl methyl sites for hydroxylation is 2. The van der Waals surface area contributed by atoms with Gasteiger partial charge in [-0.15, -0.1) is 0 Å². The predicted octanol–water partition coefficient (Wildman–Crippen LogP) is 3.16. The Kier molecular flexibility index (Phi) is 3.61. The van der Waals surface area contributed by atoms with Crippen LogP contribution < -0.4 is 0 Å². The molecule has 1 atom stereocenters. The summed E-state index contributed by atoms with van der Waals surface area (Å²) in [5.41, 5.74) is 4.08. The van der Waals surface area contributed by atoms with E-state index in [4.69, 9.17) is 0 Å². The number of rotatable bonds is 4. The molecule has 1 unspecified atom stereocenters. The molecule has 2 aromatic rings. The molecule has 1 aliphatic heterocycles.